The minimum Gasteiger partial charge on any atom is -0.494 e. The van der Waals surface area contributed by atoms with E-state index in [1.807, 2.05) is 31.2 Å². The summed E-state index contributed by atoms with van der Waals surface area (Å²) in [6.07, 6.45) is -4.91. The largest absolute Gasteiger partial charge is 0.494 e. The highest BCUT2D eigenvalue weighted by atomic mass is 35.5. The van der Waals surface area contributed by atoms with Gasteiger partial charge in [0.15, 0.2) is 11.5 Å². The summed E-state index contributed by atoms with van der Waals surface area (Å²) in [5, 5.41) is 31.2. The van der Waals surface area contributed by atoms with Gasteiger partial charge in [-0.25, -0.2) is 0 Å². The van der Waals surface area contributed by atoms with Crippen LogP contribution in [0, 0.1) is 0 Å². The monoisotopic (exact) mass is 452 g/mol. The second-order valence-electron chi connectivity index (χ2n) is 7.49. The van der Waals surface area contributed by atoms with Gasteiger partial charge in [0, 0.05) is 5.56 Å². The molecule has 4 rings (SSSR count). The summed E-state index contributed by atoms with van der Waals surface area (Å²) in [5.41, 5.74) is 2.31. The zero-order valence-electron chi connectivity index (χ0n) is 16.7. The SMILES string of the molecule is C.CCOc1ccc(Cc2cc([C@@H]3O[C@H](C)[C@@H](O)[C@H](O)[C@H]3O)c3c(c2Cl)OCO3)cc1. The van der Waals surface area contributed by atoms with Gasteiger partial charge in [-0.1, -0.05) is 31.2 Å². The summed E-state index contributed by atoms with van der Waals surface area (Å²) in [6.45, 7) is 4.17. The van der Waals surface area contributed by atoms with Gasteiger partial charge >= 0.3 is 0 Å². The minimum atomic E-state index is -1.35. The van der Waals surface area contributed by atoms with E-state index in [2.05, 4.69) is 0 Å². The predicted molar refractivity (Wildman–Crippen MR) is 116 cm³/mol. The van der Waals surface area contributed by atoms with Crippen LogP contribution in [-0.4, -0.2) is 53.1 Å². The van der Waals surface area contributed by atoms with Crippen LogP contribution < -0.4 is 14.2 Å². The summed E-state index contributed by atoms with van der Waals surface area (Å²) in [5.74, 6) is 1.56. The third-order valence-electron chi connectivity index (χ3n) is 5.47. The lowest BCUT2D eigenvalue weighted by molar-refractivity contribution is -0.219. The van der Waals surface area contributed by atoms with Gasteiger partial charge in [-0.15, -0.1) is 0 Å². The predicted octanol–water partition coefficient (Wildman–Crippen LogP) is 3.24. The van der Waals surface area contributed by atoms with Crippen LogP contribution in [-0.2, 0) is 11.2 Å². The van der Waals surface area contributed by atoms with Crippen LogP contribution in [0.2, 0.25) is 5.02 Å². The van der Waals surface area contributed by atoms with Crippen LogP contribution in [0.25, 0.3) is 0 Å². The van der Waals surface area contributed by atoms with Gasteiger partial charge in [-0.05, 0) is 49.6 Å². The number of aliphatic hydroxyl groups excluding tert-OH is 3. The highest BCUT2D eigenvalue weighted by Gasteiger charge is 2.44. The molecule has 2 aromatic rings. The average molecular weight is 453 g/mol. The number of benzene rings is 2. The summed E-state index contributed by atoms with van der Waals surface area (Å²) in [6, 6.07) is 9.51. The molecular formula is C23H29ClO7. The maximum atomic E-state index is 10.6. The maximum absolute atomic E-state index is 10.6. The molecular weight excluding hydrogens is 424 g/mol. The van der Waals surface area contributed by atoms with Gasteiger partial charge in [0.25, 0.3) is 0 Å². The van der Waals surface area contributed by atoms with E-state index in [0.29, 0.717) is 35.1 Å². The first-order valence-corrected chi connectivity index (χ1v) is 10.3. The molecule has 7 nitrogen and oxygen atoms in total. The second kappa shape index (κ2) is 9.63. The Morgan fingerprint density at radius 3 is 2.39 bits per heavy atom. The third kappa shape index (κ3) is 4.47. The van der Waals surface area contributed by atoms with E-state index in [4.69, 9.17) is 30.5 Å². The second-order valence-corrected chi connectivity index (χ2v) is 7.87. The molecule has 2 aromatic carbocycles. The molecule has 0 bridgehead atoms. The Bertz CT molecular complexity index is 902. The molecule has 3 N–H and O–H groups in total. The number of halogens is 1. The van der Waals surface area contributed by atoms with E-state index in [0.717, 1.165) is 16.9 Å². The first-order valence-electron chi connectivity index (χ1n) is 9.93. The van der Waals surface area contributed by atoms with Crippen molar-refractivity contribution in [3.8, 4) is 17.2 Å². The highest BCUT2D eigenvalue weighted by Crippen LogP contribution is 2.49. The van der Waals surface area contributed by atoms with Crippen molar-refractivity contribution >= 4 is 11.6 Å². The molecule has 0 radical (unpaired) electrons. The molecule has 0 aromatic heterocycles. The normalized spacial score (nSPS) is 27.0. The molecule has 170 valence electrons. The quantitative estimate of drug-likeness (QED) is 0.640. The lowest BCUT2D eigenvalue weighted by Crippen LogP contribution is -2.53. The van der Waals surface area contributed by atoms with Crippen LogP contribution in [0.4, 0.5) is 0 Å². The molecule has 2 aliphatic heterocycles. The van der Waals surface area contributed by atoms with Gasteiger partial charge in [0.05, 0.1) is 17.7 Å². The zero-order chi connectivity index (χ0) is 21.4. The molecule has 1 saturated heterocycles. The van der Waals surface area contributed by atoms with Crippen LogP contribution in [0.1, 0.15) is 44.1 Å². The molecule has 0 amide bonds. The first kappa shape index (κ1) is 23.6. The smallest absolute Gasteiger partial charge is 0.231 e. The topological polar surface area (TPSA) is 97.6 Å². The lowest BCUT2D eigenvalue weighted by atomic mass is 9.89. The summed E-state index contributed by atoms with van der Waals surface area (Å²) in [4.78, 5) is 0. The Balaban J connectivity index is 0.00000272. The van der Waals surface area contributed by atoms with Crippen LogP contribution in [0.15, 0.2) is 30.3 Å². The Morgan fingerprint density at radius 2 is 1.71 bits per heavy atom. The zero-order valence-corrected chi connectivity index (χ0v) is 17.5. The molecule has 5 atom stereocenters. The van der Waals surface area contributed by atoms with E-state index in [1.54, 1.807) is 13.0 Å². The van der Waals surface area contributed by atoms with Gasteiger partial charge in [-0.2, -0.15) is 0 Å². The van der Waals surface area contributed by atoms with Crippen molar-refractivity contribution in [1.29, 1.82) is 0 Å². The fraction of sp³-hybridized carbons (Fsp3) is 0.478. The molecule has 0 aliphatic carbocycles. The Morgan fingerprint density at radius 1 is 1.03 bits per heavy atom. The van der Waals surface area contributed by atoms with E-state index in [-0.39, 0.29) is 14.2 Å². The number of fused-ring (bicyclic) bond motifs is 1. The average Bonchev–Trinajstić information content (AvgIpc) is 3.23. The van der Waals surface area contributed by atoms with E-state index in [9.17, 15) is 15.3 Å². The molecule has 8 heteroatoms. The van der Waals surface area contributed by atoms with Crippen molar-refractivity contribution < 1.29 is 34.3 Å². The van der Waals surface area contributed by atoms with Crippen molar-refractivity contribution in [2.45, 2.75) is 58.2 Å². The molecule has 0 unspecified atom stereocenters. The van der Waals surface area contributed by atoms with Gasteiger partial charge in [-0.3, -0.25) is 0 Å². The number of aliphatic hydroxyl groups is 3. The molecule has 0 spiro atoms. The number of hydrogen-bond donors (Lipinski definition) is 3. The standard InChI is InChI=1S/C22H25ClO7.CH4/c1-3-27-14-6-4-12(5-7-14)8-13-9-15(21-22(16(13)23)29-10-28-21)20-19(26)18(25)17(24)11(2)30-20;/h4-7,9,11,17-20,24-26H,3,8,10H2,1-2H3;1H4/t11-,17-,18+,19-,20+;/m1./s1. The van der Waals surface area contributed by atoms with Crippen molar-refractivity contribution in [2.75, 3.05) is 13.4 Å². The highest BCUT2D eigenvalue weighted by molar-refractivity contribution is 6.33. The van der Waals surface area contributed by atoms with Gasteiger partial charge < -0.3 is 34.3 Å². The Hall–Kier alpha value is -2.03. The Kier molecular flexibility index (Phi) is 7.34. The minimum absolute atomic E-state index is 0. The van der Waals surface area contributed by atoms with Crippen molar-refractivity contribution in [2.24, 2.45) is 0 Å². The third-order valence-corrected chi connectivity index (χ3v) is 5.89. The first-order chi connectivity index (χ1) is 14.4. The van der Waals surface area contributed by atoms with Crippen LogP contribution >= 0.6 is 11.6 Å². The number of ether oxygens (including phenoxy) is 4. The molecule has 1 fully saturated rings. The fourth-order valence-corrected chi connectivity index (χ4v) is 4.12. The maximum Gasteiger partial charge on any atom is 0.231 e. The lowest BCUT2D eigenvalue weighted by Gasteiger charge is -2.39. The molecule has 0 saturated carbocycles. The van der Waals surface area contributed by atoms with Gasteiger partial charge in [0.1, 0.15) is 30.2 Å². The van der Waals surface area contributed by atoms with Crippen molar-refractivity contribution in [3.05, 3.63) is 52.0 Å². The fourth-order valence-electron chi connectivity index (χ4n) is 3.86. The summed E-state index contributed by atoms with van der Waals surface area (Å²) < 4.78 is 22.5. The number of hydrogen-bond acceptors (Lipinski definition) is 7. The summed E-state index contributed by atoms with van der Waals surface area (Å²) in [7, 11) is 0. The Labute approximate surface area is 187 Å². The number of rotatable bonds is 5. The van der Waals surface area contributed by atoms with Crippen molar-refractivity contribution in [1.82, 2.24) is 0 Å². The molecule has 31 heavy (non-hydrogen) atoms. The van der Waals surface area contributed by atoms with E-state index < -0.39 is 30.5 Å². The van der Waals surface area contributed by atoms with Gasteiger partial charge in [0.2, 0.25) is 6.79 Å². The van der Waals surface area contributed by atoms with E-state index in [1.165, 1.54) is 0 Å². The van der Waals surface area contributed by atoms with Crippen LogP contribution in [0.5, 0.6) is 17.2 Å². The molecule has 2 aliphatic rings. The van der Waals surface area contributed by atoms with E-state index >= 15 is 0 Å². The van der Waals surface area contributed by atoms with Crippen LogP contribution in [0.3, 0.4) is 0 Å². The molecule has 2 heterocycles. The van der Waals surface area contributed by atoms with Crippen molar-refractivity contribution in [3.63, 3.8) is 0 Å². The summed E-state index contributed by atoms with van der Waals surface area (Å²) >= 11 is 6.59.